The van der Waals surface area contributed by atoms with E-state index < -0.39 is 0 Å². The standard InChI is InChI=1S/C73H44N6S/c1-3-19-50(20-4-1)77-63-27-13-9-23-53(63)60-40-48(32-37-66(60)77)71-74-72(49-33-38-67-61(41-49)54-24-10-14-28-64(54)78(67)51-21-5-2-6-22-51)76-73(75-71)58-36-34-52(44-59(58)47-31-35-57-56-26-12-16-30-69(56)80-70(57)43-47)79-65-29-15-11-25-55(65)62-39-45-17-7-8-18-46(45)42-68(62)79/h1-44H. The second-order valence-corrected chi connectivity index (χ2v) is 21.8. The molecule has 0 radical (unpaired) electrons. The minimum Gasteiger partial charge on any atom is -0.309 e. The number of thiophene rings is 1. The van der Waals surface area contributed by atoms with Gasteiger partial charge < -0.3 is 13.7 Å². The van der Waals surface area contributed by atoms with Gasteiger partial charge in [0.1, 0.15) is 0 Å². The predicted octanol–water partition coefficient (Wildman–Crippen LogP) is 19.4. The number of hydrogen-bond donors (Lipinski definition) is 0. The maximum Gasteiger partial charge on any atom is 0.164 e. The molecule has 80 heavy (non-hydrogen) atoms. The molecule has 0 unspecified atom stereocenters. The van der Waals surface area contributed by atoms with E-state index in [0.29, 0.717) is 17.5 Å². The van der Waals surface area contributed by atoms with Crippen LogP contribution in [-0.4, -0.2) is 28.7 Å². The number of hydrogen-bond acceptors (Lipinski definition) is 4. The van der Waals surface area contributed by atoms with Crippen LogP contribution >= 0.6 is 11.3 Å². The van der Waals surface area contributed by atoms with Crippen LogP contribution in [0.25, 0.3) is 159 Å². The van der Waals surface area contributed by atoms with Crippen molar-refractivity contribution in [2.45, 2.75) is 0 Å². The van der Waals surface area contributed by atoms with Crippen molar-refractivity contribution < 1.29 is 0 Å². The maximum atomic E-state index is 5.58. The van der Waals surface area contributed by atoms with Crippen molar-refractivity contribution in [3.05, 3.63) is 267 Å². The van der Waals surface area contributed by atoms with Crippen LogP contribution in [0.3, 0.4) is 0 Å². The van der Waals surface area contributed by atoms with Crippen LogP contribution < -0.4 is 0 Å². The molecular formula is C73H44N6S. The van der Waals surface area contributed by atoms with E-state index in [0.717, 1.165) is 99.5 Å². The first kappa shape index (κ1) is 44.6. The average Bonchev–Trinajstić information content (AvgIpc) is 4.29. The Morgan fingerprint density at radius 2 is 0.688 bits per heavy atom. The van der Waals surface area contributed by atoms with Gasteiger partial charge in [0.2, 0.25) is 0 Å². The Morgan fingerprint density at radius 1 is 0.237 bits per heavy atom. The minimum absolute atomic E-state index is 0.592. The summed E-state index contributed by atoms with van der Waals surface area (Å²) in [6.45, 7) is 0. The summed E-state index contributed by atoms with van der Waals surface area (Å²) in [5.41, 5.74) is 14.9. The van der Waals surface area contributed by atoms with Crippen LogP contribution in [0.5, 0.6) is 0 Å². The van der Waals surface area contributed by atoms with Gasteiger partial charge in [0, 0.05) is 86.2 Å². The van der Waals surface area contributed by atoms with Gasteiger partial charge in [-0.05, 0) is 143 Å². The van der Waals surface area contributed by atoms with E-state index in [4.69, 9.17) is 15.0 Å². The molecule has 0 fully saturated rings. The number of benzene rings is 12. The van der Waals surface area contributed by atoms with Crippen LogP contribution in [0, 0.1) is 0 Å². The van der Waals surface area contributed by atoms with Crippen molar-refractivity contribution in [2.24, 2.45) is 0 Å². The zero-order chi connectivity index (χ0) is 52.4. The van der Waals surface area contributed by atoms with Gasteiger partial charge in [0.05, 0.1) is 33.1 Å². The van der Waals surface area contributed by atoms with Gasteiger partial charge in [-0.25, -0.2) is 15.0 Å². The molecule has 0 N–H and O–H groups in total. The summed E-state index contributed by atoms with van der Waals surface area (Å²) in [6.07, 6.45) is 0. The lowest BCUT2D eigenvalue weighted by Crippen LogP contribution is -2.02. The molecule has 0 saturated carbocycles. The number of rotatable bonds is 7. The summed E-state index contributed by atoms with van der Waals surface area (Å²) in [5.74, 6) is 1.79. The molecule has 0 bridgehead atoms. The number of nitrogens with zero attached hydrogens (tertiary/aromatic N) is 6. The Kier molecular flexibility index (Phi) is 9.78. The summed E-state index contributed by atoms with van der Waals surface area (Å²) in [5, 5.41) is 11.9. The van der Waals surface area contributed by atoms with Crippen molar-refractivity contribution in [2.75, 3.05) is 0 Å². The van der Waals surface area contributed by atoms with E-state index in [9.17, 15) is 0 Å². The van der Waals surface area contributed by atoms with Crippen LogP contribution in [-0.2, 0) is 0 Å². The molecule has 0 amide bonds. The first-order chi connectivity index (χ1) is 39.6. The molecule has 372 valence electrons. The lowest BCUT2D eigenvalue weighted by Gasteiger charge is -2.16. The van der Waals surface area contributed by atoms with Gasteiger partial charge in [0.15, 0.2) is 17.5 Å². The zero-order valence-corrected chi connectivity index (χ0v) is 43.8. The quantitative estimate of drug-likeness (QED) is 0.160. The highest BCUT2D eigenvalue weighted by Crippen LogP contribution is 2.43. The smallest absolute Gasteiger partial charge is 0.164 e. The lowest BCUT2D eigenvalue weighted by molar-refractivity contribution is 1.07. The molecule has 0 spiro atoms. The fraction of sp³-hybridized carbons (Fsp3) is 0. The predicted molar refractivity (Wildman–Crippen MR) is 335 cm³/mol. The first-order valence-electron chi connectivity index (χ1n) is 27.1. The number of aromatic nitrogens is 6. The topological polar surface area (TPSA) is 53.5 Å². The molecule has 7 heteroatoms. The fourth-order valence-corrected chi connectivity index (χ4v) is 13.8. The molecule has 6 nitrogen and oxygen atoms in total. The van der Waals surface area contributed by atoms with Gasteiger partial charge in [0.25, 0.3) is 0 Å². The number of fused-ring (bicyclic) bond motifs is 13. The molecule has 0 saturated heterocycles. The third kappa shape index (κ3) is 6.87. The van der Waals surface area contributed by atoms with Crippen molar-refractivity contribution in [1.82, 2.24) is 28.7 Å². The lowest BCUT2D eigenvalue weighted by atomic mass is 9.97. The summed E-state index contributed by atoms with van der Waals surface area (Å²) in [7, 11) is 0. The van der Waals surface area contributed by atoms with Gasteiger partial charge in [-0.15, -0.1) is 11.3 Å². The van der Waals surface area contributed by atoms with E-state index in [2.05, 4.69) is 281 Å². The summed E-state index contributed by atoms with van der Waals surface area (Å²) >= 11 is 1.83. The Labute approximate surface area is 463 Å². The third-order valence-corrected chi connectivity index (χ3v) is 17.4. The highest BCUT2D eigenvalue weighted by molar-refractivity contribution is 7.25. The SMILES string of the molecule is c1ccc(-n2c3ccccc3c3cc(-c4nc(-c5ccc6c(c5)c5ccccc5n6-c5ccccc5)nc(-c5ccc(-n6c7ccccc7c7cc8ccccc8cc76)cc5-c5ccc6c(c5)sc5ccccc56)n4)ccc32)cc1. The fourth-order valence-electron chi connectivity index (χ4n) is 12.6. The Bertz CT molecular complexity index is 5200. The van der Waals surface area contributed by atoms with Gasteiger partial charge in [-0.1, -0.05) is 146 Å². The van der Waals surface area contributed by atoms with Crippen LogP contribution in [0.4, 0.5) is 0 Å². The first-order valence-corrected chi connectivity index (χ1v) is 27.9. The van der Waals surface area contributed by atoms with Gasteiger partial charge in [-0.2, -0.15) is 0 Å². The molecule has 5 heterocycles. The normalized spacial score (nSPS) is 12.0. The summed E-state index contributed by atoms with van der Waals surface area (Å²) < 4.78 is 9.62. The van der Waals surface area contributed by atoms with Crippen molar-refractivity contribution in [3.8, 4) is 62.4 Å². The van der Waals surface area contributed by atoms with E-state index in [-0.39, 0.29) is 0 Å². The summed E-state index contributed by atoms with van der Waals surface area (Å²) in [4.78, 5) is 16.6. The second kappa shape index (κ2) is 17.5. The molecule has 0 aliphatic rings. The van der Waals surface area contributed by atoms with E-state index >= 15 is 0 Å². The molecule has 0 aliphatic carbocycles. The Morgan fingerprint density at radius 3 is 1.29 bits per heavy atom. The molecule has 0 atom stereocenters. The van der Waals surface area contributed by atoms with Gasteiger partial charge in [-0.3, -0.25) is 0 Å². The van der Waals surface area contributed by atoms with E-state index in [1.165, 1.54) is 41.7 Å². The highest BCUT2D eigenvalue weighted by atomic mass is 32.1. The molecular weight excluding hydrogens is 993 g/mol. The summed E-state index contributed by atoms with van der Waals surface area (Å²) in [6, 6.07) is 96.4. The third-order valence-electron chi connectivity index (χ3n) is 16.3. The van der Waals surface area contributed by atoms with Crippen molar-refractivity contribution >= 4 is 108 Å². The minimum atomic E-state index is 0.592. The second-order valence-electron chi connectivity index (χ2n) is 20.8. The molecule has 0 aliphatic heterocycles. The molecule has 5 aromatic heterocycles. The molecule has 17 rings (SSSR count). The monoisotopic (exact) mass is 1040 g/mol. The van der Waals surface area contributed by atoms with Gasteiger partial charge >= 0.3 is 0 Å². The largest absolute Gasteiger partial charge is 0.309 e. The van der Waals surface area contributed by atoms with Crippen molar-refractivity contribution in [3.63, 3.8) is 0 Å². The van der Waals surface area contributed by atoms with Crippen molar-refractivity contribution in [1.29, 1.82) is 0 Å². The Hall–Kier alpha value is -10.5. The zero-order valence-electron chi connectivity index (χ0n) is 43.0. The highest BCUT2D eigenvalue weighted by Gasteiger charge is 2.23. The van der Waals surface area contributed by atoms with E-state index in [1.807, 2.05) is 11.3 Å². The average molecular weight is 1040 g/mol. The van der Waals surface area contributed by atoms with Crippen LogP contribution in [0.2, 0.25) is 0 Å². The van der Waals surface area contributed by atoms with Crippen LogP contribution in [0.15, 0.2) is 267 Å². The van der Waals surface area contributed by atoms with Crippen LogP contribution in [0.1, 0.15) is 0 Å². The van der Waals surface area contributed by atoms with E-state index in [1.54, 1.807) is 0 Å². The molecule has 17 aromatic rings. The molecule has 12 aromatic carbocycles. The maximum absolute atomic E-state index is 5.58. The number of para-hydroxylation sites is 5. The Balaban J connectivity index is 0.928.